The second-order valence-electron chi connectivity index (χ2n) is 4.99. The third-order valence-corrected chi connectivity index (χ3v) is 3.92. The smallest absolute Gasteiger partial charge is 0.311 e. The summed E-state index contributed by atoms with van der Waals surface area (Å²) in [5, 5.41) is 4.63. The van der Waals surface area contributed by atoms with Crippen molar-refractivity contribution in [1.29, 1.82) is 0 Å². The summed E-state index contributed by atoms with van der Waals surface area (Å²) in [4.78, 5) is 38.3. The minimum atomic E-state index is -0.413. The van der Waals surface area contributed by atoms with Gasteiger partial charge in [-0.2, -0.15) is 0 Å². The molecule has 0 aliphatic carbocycles. The van der Waals surface area contributed by atoms with E-state index < -0.39 is 5.91 Å². The summed E-state index contributed by atoms with van der Waals surface area (Å²) in [6, 6.07) is 4.63. The quantitative estimate of drug-likeness (QED) is 0.526. The van der Waals surface area contributed by atoms with Crippen molar-refractivity contribution >= 4 is 34.6 Å². The number of carbonyl (C=O) groups is 3. The normalized spacial score (nSPS) is 10.1. The molecule has 1 heterocycles. The number of benzene rings is 1. The summed E-state index contributed by atoms with van der Waals surface area (Å²) >= 11 is 1.20. The van der Waals surface area contributed by atoms with Crippen molar-refractivity contribution in [3.05, 3.63) is 34.8 Å². The van der Waals surface area contributed by atoms with Gasteiger partial charge in [0.25, 0.3) is 5.91 Å². The van der Waals surface area contributed by atoms with Crippen molar-refractivity contribution in [2.45, 2.75) is 13.3 Å². The van der Waals surface area contributed by atoms with Gasteiger partial charge >= 0.3 is 5.97 Å². The number of esters is 1. The van der Waals surface area contributed by atoms with E-state index in [0.29, 0.717) is 40.8 Å². The van der Waals surface area contributed by atoms with Gasteiger partial charge in [-0.1, -0.05) is 0 Å². The van der Waals surface area contributed by atoms with E-state index in [-0.39, 0.29) is 19.0 Å². The van der Waals surface area contributed by atoms with Crippen molar-refractivity contribution in [3.63, 3.8) is 0 Å². The molecule has 9 heteroatoms. The number of carbonyl (C=O) groups excluding carboxylic acids is 3. The van der Waals surface area contributed by atoms with E-state index in [0.717, 1.165) is 0 Å². The van der Waals surface area contributed by atoms with Crippen LogP contribution in [0.5, 0.6) is 11.5 Å². The maximum atomic E-state index is 12.0. The Kier molecular flexibility index (Phi) is 7.10. The van der Waals surface area contributed by atoms with Crippen LogP contribution in [0.25, 0.3) is 0 Å². The molecule has 2 aromatic rings. The lowest BCUT2D eigenvalue weighted by molar-refractivity contribution is -0.142. The van der Waals surface area contributed by atoms with E-state index in [1.807, 2.05) is 0 Å². The molecule has 0 radical (unpaired) electrons. The van der Waals surface area contributed by atoms with Crippen molar-refractivity contribution in [2.75, 3.05) is 25.6 Å². The second kappa shape index (κ2) is 9.52. The van der Waals surface area contributed by atoms with E-state index in [4.69, 9.17) is 14.2 Å². The number of hydrogen-bond acceptors (Lipinski definition) is 8. The van der Waals surface area contributed by atoms with Gasteiger partial charge in [-0.25, -0.2) is 4.98 Å². The first-order valence-corrected chi connectivity index (χ1v) is 8.59. The van der Waals surface area contributed by atoms with Gasteiger partial charge in [-0.05, 0) is 25.1 Å². The summed E-state index contributed by atoms with van der Waals surface area (Å²) in [6.07, 6.45) is 0.742. The Labute approximate surface area is 154 Å². The zero-order chi connectivity index (χ0) is 18.9. The van der Waals surface area contributed by atoms with Gasteiger partial charge in [0.05, 0.1) is 25.8 Å². The summed E-state index contributed by atoms with van der Waals surface area (Å²) in [5.74, 6) is -0.0859. The minimum absolute atomic E-state index is 0.0526. The van der Waals surface area contributed by atoms with Crippen LogP contribution in [0.4, 0.5) is 5.13 Å². The molecule has 26 heavy (non-hydrogen) atoms. The highest BCUT2D eigenvalue weighted by molar-refractivity contribution is 7.13. The van der Waals surface area contributed by atoms with Gasteiger partial charge in [0.15, 0.2) is 23.2 Å². The summed E-state index contributed by atoms with van der Waals surface area (Å²) in [5.41, 5.74) is 0.964. The molecular formula is C17H18N2O6S. The Balaban J connectivity index is 1.88. The molecule has 0 atom stereocenters. The summed E-state index contributed by atoms with van der Waals surface area (Å²) < 4.78 is 15.4. The van der Waals surface area contributed by atoms with Crippen LogP contribution in [0, 0.1) is 0 Å². The maximum absolute atomic E-state index is 12.0. The van der Waals surface area contributed by atoms with Crippen LogP contribution >= 0.6 is 11.3 Å². The Bertz CT molecular complexity index is 789. The monoisotopic (exact) mass is 378 g/mol. The maximum Gasteiger partial charge on any atom is 0.311 e. The Morgan fingerprint density at radius 1 is 1.31 bits per heavy atom. The van der Waals surface area contributed by atoms with E-state index in [2.05, 4.69) is 10.3 Å². The fourth-order valence-corrected chi connectivity index (χ4v) is 2.71. The van der Waals surface area contributed by atoms with Crippen molar-refractivity contribution in [2.24, 2.45) is 0 Å². The van der Waals surface area contributed by atoms with E-state index in [1.54, 1.807) is 24.4 Å². The van der Waals surface area contributed by atoms with Crippen LogP contribution in [-0.4, -0.2) is 43.5 Å². The van der Waals surface area contributed by atoms with Crippen LogP contribution in [0.1, 0.15) is 23.0 Å². The minimum Gasteiger partial charge on any atom is -0.493 e. The van der Waals surface area contributed by atoms with Gasteiger partial charge in [-0.3, -0.25) is 19.7 Å². The number of anilines is 1. The predicted molar refractivity (Wildman–Crippen MR) is 95.0 cm³/mol. The molecular weight excluding hydrogens is 360 g/mol. The number of ether oxygens (including phenoxy) is 3. The average molecular weight is 378 g/mol. The molecule has 0 aliphatic heterocycles. The van der Waals surface area contributed by atoms with E-state index >= 15 is 0 Å². The molecule has 1 aromatic heterocycles. The lowest BCUT2D eigenvalue weighted by atomic mass is 10.2. The highest BCUT2D eigenvalue weighted by Gasteiger charge is 2.12. The third-order valence-electron chi connectivity index (χ3n) is 3.11. The largest absolute Gasteiger partial charge is 0.493 e. The van der Waals surface area contributed by atoms with Crippen molar-refractivity contribution < 1.29 is 28.6 Å². The van der Waals surface area contributed by atoms with Crippen LogP contribution in [0.3, 0.4) is 0 Å². The highest BCUT2D eigenvalue weighted by atomic mass is 32.1. The zero-order valence-electron chi connectivity index (χ0n) is 14.3. The van der Waals surface area contributed by atoms with E-state index in [9.17, 15) is 14.4 Å². The van der Waals surface area contributed by atoms with Gasteiger partial charge in [-0.15, -0.1) is 11.3 Å². The van der Waals surface area contributed by atoms with Crippen LogP contribution < -0.4 is 14.8 Å². The summed E-state index contributed by atoms with van der Waals surface area (Å²) in [7, 11) is 1.44. The standard InChI is InChI=1S/C17H18N2O6S/c1-3-24-16(22)7-12-10-26-17(18-12)19-15(21)9-25-13-5-4-11(8-20)6-14(13)23-2/h4-6,8,10H,3,7,9H2,1-2H3,(H,18,19,21). The van der Waals surface area contributed by atoms with Gasteiger partial charge in [0.2, 0.25) is 0 Å². The SMILES string of the molecule is CCOC(=O)Cc1csc(NC(=O)COc2ccc(C=O)cc2OC)n1. The predicted octanol–water partition coefficient (Wildman–Crippen LogP) is 2.09. The average Bonchev–Trinajstić information content (AvgIpc) is 3.06. The number of aromatic nitrogens is 1. The van der Waals surface area contributed by atoms with Crippen molar-refractivity contribution in [1.82, 2.24) is 4.98 Å². The molecule has 8 nitrogen and oxygen atoms in total. The number of methoxy groups -OCH3 is 1. The molecule has 1 aromatic carbocycles. The molecule has 0 fully saturated rings. The summed E-state index contributed by atoms with van der Waals surface area (Å²) in [6.45, 7) is 1.77. The number of thiazole rings is 1. The topological polar surface area (TPSA) is 104 Å². The number of hydrogen-bond donors (Lipinski definition) is 1. The fraction of sp³-hybridized carbons (Fsp3) is 0.294. The van der Waals surface area contributed by atoms with Gasteiger partial charge in [0.1, 0.15) is 6.29 Å². The zero-order valence-corrected chi connectivity index (χ0v) is 15.1. The molecule has 0 unspecified atom stereocenters. The number of amides is 1. The molecule has 1 N–H and O–H groups in total. The molecule has 1 amide bonds. The Morgan fingerprint density at radius 2 is 2.12 bits per heavy atom. The first-order chi connectivity index (χ1) is 12.5. The molecule has 0 saturated heterocycles. The Morgan fingerprint density at radius 3 is 2.81 bits per heavy atom. The van der Waals surface area contributed by atoms with Gasteiger partial charge in [0, 0.05) is 10.9 Å². The highest BCUT2D eigenvalue weighted by Crippen LogP contribution is 2.27. The molecule has 0 aliphatic rings. The first-order valence-electron chi connectivity index (χ1n) is 7.71. The number of nitrogens with one attached hydrogen (secondary N) is 1. The molecule has 0 bridgehead atoms. The van der Waals surface area contributed by atoms with Crippen molar-refractivity contribution in [3.8, 4) is 11.5 Å². The first kappa shape index (κ1) is 19.4. The molecule has 138 valence electrons. The van der Waals surface area contributed by atoms with E-state index in [1.165, 1.54) is 24.5 Å². The van der Waals surface area contributed by atoms with Crippen LogP contribution in [-0.2, 0) is 20.7 Å². The Hall–Kier alpha value is -2.94. The fourth-order valence-electron chi connectivity index (χ4n) is 1.98. The van der Waals surface area contributed by atoms with Crippen LogP contribution in [0.15, 0.2) is 23.6 Å². The lowest BCUT2D eigenvalue weighted by Gasteiger charge is -2.10. The van der Waals surface area contributed by atoms with Gasteiger partial charge < -0.3 is 14.2 Å². The molecule has 0 saturated carbocycles. The number of rotatable bonds is 9. The second-order valence-corrected chi connectivity index (χ2v) is 5.85. The third kappa shape index (κ3) is 5.55. The molecule has 2 rings (SSSR count). The number of nitrogens with zero attached hydrogens (tertiary/aromatic N) is 1. The number of aldehydes is 1. The van der Waals surface area contributed by atoms with Crippen LogP contribution in [0.2, 0.25) is 0 Å². The molecule has 0 spiro atoms. The lowest BCUT2D eigenvalue weighted by Crippen LogP contribution is -2.20.